The van der Waals surface area contributed by atoms with Crippen molar-refractivity contribution in [2.45, 2.75) is 38.5 Å². The van der Waals surface area contributed by atoms with Crippen molar-refractivity contribution in [3.63, 3.8) is 0 Å². The van der Waals surface area contributed by atoms with Crippen LogP contribution in [0.4, 0.5) is 5.95 Å². The molecule has 2 saturated heterocycles. The average molecular weight is 508 g/mol. The lowest BCUT2D eigenvalue weighted by Crippen LogP contribution is -2.35. The first-order chi connectivity index (χ1) is 17.0. The van der Waals surface area contributed by atoms with Gasteiger partial charge in [-0.05, 0) is 79.8 Å². The number of aromatic nitrogens is 2. The first-order valence-electron chi connectivity index (χ1n) is 11.9. The SMILES string of the molecule is O=C1CC(=O)/C(=C/c2ccnc(N3CCC(CCCc4ccc(-c5ccccc5Cl)o4)CC3)n2)S1. The molecule has 35 heavy (non-hydrogen) atoms. The molecule has 0 amide bonds. The highest BCUT2D eigenvalue weighted by atomic mass is 35.5. The van der Waals surface area contributed by atoms with Gasteiger partial charge in [-0.2, -0.15) is 0 Å². The Kier molecular flexibility index (Phi) is 7.35. The molecule has 5 rings (SSSR count). The molecule has 2 fully saturated rings. The van der Waals surface area contributed by atoms with E-state index in [1.807, 2.05) is 30.3 Å². The van der Waals surface area contributed by atoms with Crippen LogP contribution >= 0.6 is 23.4 Å². The number of hydrogen-bond acceptors (Lipinski definition) is 7. The summed E-state index contributed by atoms with van der Waals surface area (Å²) in [6, 6.07) is 13.6. The second-order valence-electron chi connectivity index (χ2n) is 8.93. The fraction of sp³-hybridized carbons (Fsp3) is 0.333. The number of nitrogens with zero attached hydrogens (tertiary/aromatic N) is 3. The normalized spacial score (nSPS) is 18.1. The smallest absolute Gasteiger partial charge is 0.225 e. The number of Topliss-reactive ketones (excluding diaryl/α,β-unsaturated/α-hetero) is 1. The monoisotopic (exact) mass is 507 g/mol. The molecule has 180 valence electrons. The van der Waals surface area contributed by atoms with E-state index >= 15 is 0 Å². The van der Waals surface area contributed by atoms with Crippen molar-refractivity contribution in [2.75, 3.05) is 18.0 Å². The van der Waals surface area contributed by atoms with E-state index in [9.17, 15) is 9.59 Å². The topological polar surface area (TPSA) is 76.3 Å². The predicted molar refractivity (Wildman–Crippen MR) is 139 cm³/mol. The molecule has 2 aromatic heterocycles. The summed E-state index contributed by atoms with van der Waals surface area (Å²) in [6.07, 6.45) is 8.75. The maximum absolute atomic E-state index is 11.9. The van der Waals surface area contributed by atoms with Gasteiger partial charge < -0.3 is 9.32 Å². The van der Waals surface area contributed by atoms with Crippen molar-refractivity contribution in [1.29, 1.82) is 0 Å². The van der Waals surface area contributed by atoms with E-state index in [0.717, 1.165) is 74.0 Å². The number of halogens is 1. The standard InChI is InChI=1S/C27H26ClN3O3S/c28-22-7-2-1-6-21(22)24-9-8-20(34-24)5-3-4-18-11-14-31(15-12-18)27-29-13-10-19(30-27)16-25-23(32)17-26(33)35-25/h1-2,6-10,13,16,18H,3-5,11-12,14-15,17H2/b25-16-. The summed E-state index contributed by atoms with van der Waals surface area (Å²) in [5.74, 6) is 3.04. The van der Waals surface area contributed by atoms with E-state index in [1.165, 1.54) is 0 Å². The molecule has 4 heterocycles. The summed E-state index contributed by atoms with van der Waals surface area (Å²) < 4.78 is 6.03. The van der Waals surface area contributed by atoms with Gasteiger partial charge in [0, 0.05) is 31.3 Å². The molecule has 0 atom stereocenters. The molecule has 0 saturated carbocycles. The average Bonchev–Trinajstić information content (AvgIpc) is 3.45. The van der Waals surface area contributed by atoms with Crippen LogP contribution in [-0.4, -0.2) is 34.0 Å². The molecule has 0 aliphatic carbocycles. The number of furan rings is 1. The molecular formula is C27H26ClN3O3S. The Labute approximate surface area is 213 Å². The van der Waals surface area contributed by atoms with Crippen molar-refractivity contribution in [3.05, 3.63) is 70.0 Å². The first kappa shape index (κ1) is 23.8. The number of anilines is 1. The zero-order valence-electron chi connectivity index (χ0n) is 19.3. The summed E-state index contributed by atoms with van der Waals surface area (Å²) >= 11 is 7.29. The van der Waals surface area contributed by atoms with Gasteiger partial charge in [0.2, 0.25) is 11.1 Å². The molecule has 3 aromatic rings. The minimum absolute atomic E-state index is 0.0234. The lowest BCUT2D eigenvalue weighted by atomic mass is 9.91. The Morgan fingerprint density at radius 2 is 1.94 bits per heavy atom. The number of hydrogen-bond donors (Lipinski definition) is 0. The second kappa shape index (κ2) is 10.8. The lowest BCUT2D eigenvalue weighted by Gasteiger charge is -2.32. The van der Waals surface area contributed by atoms with Crippen LogP contribution in [0.3, 0.4) is 0 Å². The molecule has 1 aromatic carbocycles. The Hall–Kier alpha value is -2.90. The summed E-state index contributed by atoms with van der Waals surface area (Å²) in [4.78, 5) is 35.1. The molecule has 0 spiro atoms. The highest BCUT2D eigenvalue weighted by Crippen LogP contribution is 2.32. The van der Waals surface area contributed by atoms with E-state index < -0.39 is 0 Å². The number of aryl methyl sites for hydroxylation is 1. The van der Waals surface area contributed by atoms with Crippen LogP contribution in [0.1, 0.15) is 43.6 Å². The number of benzene rings is 1. The van der Waals surface area contributed by atoms with Gasteiger partial charge in [0.1, 0.15) is 11.5 Å². The Morgan fingerprint density at radius 3 is 2.71 bits per heavy atom. The zero-order valence-corrected chi connectivity index (χ0v) is 20.9. The molecule has 2 aliphatic heterocycles. The van der Waals surface area contributed by atoms with Gasteiger partial charge in [-0.15, -0.1) is 0 Å². The minimum Gasteiger partial charge on any atom is -0.461 e. The fourth-order valence-electron chi connectivity index (χ4n) is 4.58. The Bertz CT molecular complexity index is 1260. The van der Waals surface area contributed by atoms with Crippen molar-refractivity contribution in [1.82, 2.24) is 9.97 Å². The van der Waals surface area contributed by atoms with Gasteiger partial charge >= 0.3 is 0 Å². The van der Waals surface area contributed by atoms with Gasteiger partial charge in [0.05, 0.1) is 22.0 Å². The summed E-state index contributed by atoms with van der Waals surface area (Å²) in [7, 11) is 0. The third-order valence-corrected chi connectivity index (χ3v) is 7.75. The molecule has 0 N–H and O–H groups in total. The van der Waals surface area contributed by atoms with Crippen LogP contribution < -0.4 is 4.90 Å². The number of piperidine rings is 1. The molecule has 8 heteroatoms. The third kappa shape index (κ3) is 5.85. The quantitative estimate of drug-likeness (QED) is 0.278. The Balaban J connectivity index is 1.10. The van der Waals surface area contributed by atoms with E-state index in [0.29, 0.717) is 27.5 Å². The van der Waals surface area contributed by atoms with Gasteiger partial charge in [-0.3, -0.25) is 9.59 Å². The van der Waals surface area contributed by atoms with E-state index in [2.05, 4.69) is 20.9 Å². The van der Waals surface area contributed by atoms with Crippen molar-refractivity contribution >= 4 is 46.3 Å². The largest absolute Gasteiger partial charge is 0.461 e. The first-order valence-corrected chi connectivity index (χ1v) is 13.1. The van der Waals surface area contributed by atoms with Crippen LogP contribution in [-0.2, 0) is 16.0 Å². The van der Waals surface area contributed by atoms with E-state index in [-0.39, 0.29) is 17.3 Å². The Morgan fingerprint density at radius 1 is 1.11 bits per heavy atom. The summed E-state index contributed by atoms with van der Waals surface area (Å²) in [6.45, 7) is 1.82. The van der Waals surface area contributed by atoms with Crippen LogP contribution in [0, 0.1) is 5.92 Å². The number of rotatable bonds is 7. The highest BCUT2D eigenvalue weighted by molar-refractivity contribution is 8.18. The maximum atomic E-state index is 11.9. The highest BCUT2D eigenvalue weighted by Gasteiger charge is 2.26. The second-order valence-corrected chi connectivity index (χ2v) is 10.4. The van der Waals surface area contributed by atoms with Crippen molar-refractivity contribution in [2.24, 2.45) is 5.92 Å². The van der Waals surface area contributed by atoms with Gasteiger partial charge in [0.15, 0.2) is 5.78 Å². The fourth-order valence-corrected chi connectivity index (χ4v) is 5.62. The van der Waals surface area contributed by atoms with Crippen molar-refractivity contribution in [3.8, 4) is 11.3 Å². The number of thioether (sulfide) groups is 1. The van der Waals surface area contributed by atoms with Crippen LogP contribution in [0.25, 0.3) is 17.4 Å². The number of ketones is 1. The molecule has 6 nitrogen and oxygen atoms in total. The maximum Gasteiger partial charge on any atom is 0.225 e. The summed E-state index contributed by atoms with van der Waals surface area (Å²) in [5, 5.41) is 0.595. The van der Waals surface area contributed by atoms with Gasteiger partial charge in [-0.1, -0.05) is 23.7 Å². The molecule has 2 aliphatic rings. The molecule has 0 bridgehead atoms. The minimum atomic E-state index is -0.129. The van der Waals surface area contributed by atoms with Crippen LogP contribution in [0.15, 0.2) is 58.0 Å². The molecule has 0 unspecified atom stereocenters. The third-order valence-electron chi connectivity index (χ3n) is 6.48. The van der Waals surface area contributed by atoms with Crippen LogP contribution in [0.2, 0.25) is 5.02 Å². The molecular weight excluding hydrogens is 482 g/mol. The van der Waals surface area contributed by atoms with Gasteiger partial charge in [-0.25, -0.2) is 9.97 Å². The van der Waals surface area contributed by atoms with Crippen molar-refractivity contribution < 1.29 is 14.0 Å². The number of carbonyl (C=O) groups is 2. The predicted octanol–water partition coefficient (Wildman–Crippen LogP) is 6.20. The van der Waals surface area contributed by atoms with E-state index in [1.54, 1.807) is 18.3 Å². The lowest BCUT2D eigenvalue weighted by molar-refractivity contribution is -0.119. The molecule has 0 radical (unpaired) electrons. The zero-order chi connectivity index (χ0) is 24.2. The summed E-state index contributed by atoms with van der Waals surface area (Å²) in [5.41, 5.74) is 1.59. The van der Waals surface area contributed by atoms with Gasteiger partial charge in [0.25, 0.3) is 0 Å². The number of allylic oxidation sites excluding steroid dienone is 1. The van der Waals surface area contributed by atoms with Crippen LogP contribution in [0.5, 0.6) is 0 Å². The number of carbonyl (C=O) groups excluding carboxylic acids is 2. The van der Waals surface area contributed by atoms with E-state index in [4.69, 9.17) is 16.0 Å².